The maximum absolute atomic E-state index is 11.2. The molecule has 1 aliphatic carbocycles. The van der Waals surface area contributed by atoms with Gasteiger partial charge in [-0.3, -0.25) is 4.79 Å². The van der Waals surface area contributed by atoms with Gasteiger partial charge < -0.3 is 10.2 Å². The van der Waals surface area contributed by atoms with E-state index in [0.29, 0.717) is 12.1 Å². The van der Waals surface area contributed by atoms with Crippen molar-refractivity contribution in [3.05, 3.63) is 0 Å². The van der Waals surface area contributed by atoms with Gasteiger partial charge in [0.25, 0.3) is 0 Å². The van der Waals surface area contributed by atoms with Crippen LogP contribution in [0.2, 0.25) is 0 Å². The summed E-state index contributed by atoms with van der Waals surface area (Å²) in [4.78, 5) is 13.2. The lowest BCUT2D eigenvalue weighted by molar-refractivity contribution is -0.127. The molecular formula is C13H24N2O. The molecule has 2 rings (SSSR count). The lowest BCUT2D eigenvalue weighted by Gasteiger charge is -2.30. The van der Waals surface area contributed by atoms with E-state index >= 15 is 0 Å². The topological polar surface area (TPSA) is 32.3 Å². The van der Waals surface area contributed by atoms with Crippen LogP contribution in [0.15, 0.2) is 0 Å². The highest BCUT2D eigenvalue weighted by Gasteiger charge is 2.27. The lowest BCUT2D eigenvalue weighted by Crippen LogP contribution is -2.42. The van der Waals surface area contributed by atoms with Crippen molar-refractivity contribution in [2.45, 2.75) is 58.0 Å². The van der Waals surface area contributed by atoms with Gasteiger partial charge in [-0.05, 0) is 25.2 Å². The third-order valence-corrected chi connectivity index (χ3v) is 4.04. The zero-order valence-electron chi connectivity index (χ0n) is 10.5. The van der Waals surface area contributed by atoms with Crippen molar-refractivity contribution in [3.63, 3.8) is 0 Å². The number of carbonyl (C=O) groups excluding carboxylic acids is 1. The minimum absolute atomic E-state index is 0.223. The predicted molar refractivity (Wildman–Crippen MR) is 65.2 cm³/mol. The summed E-state index contributed by atoms with van der Waals surface area (Å²) in [5, 5.41) is 3.74. The quantitative estimate of drug-likeness (QED) is 0.775. The van der Waals surface area contributed by atoms with Gasteiger partial charge in [0, 0.05) is 32.1 Å². The fourth-order valence-electron chi connectivity index (χ4n) is 3.10. The Bertz CT molecular complexity index is 254. The Morgan fingerprint density at radius 2 is 2.06 bits per heavy atom. The van der Waals surface area contributed by atoms with Crippen LogP contribution in [0.25, 0.3) is 0 Å². The predicted octanol–water partition coefficient (Wildman–Crippen LogP) is 1.78. The first-order valence-electron chi connectivity index (χ1n) is 6.66. The lowest BCUT2D eigenvalue weighted by atomic mass is 9.87. The van der Waals surface area contributed by atoms with Gasteiger partial charge in [0.2, 0.25) is 5.91 Å². The smallest absolute Gasteiger partial charge is 0.219 e. The Hall–Kier alpha value is -0.570. The molecule has 1 saturated heterocycles. The van der Waals surface area contributed by atoms with Crippen LogP contribution in [0.5, 0.6) is 0 Å². The minimum atomic E-state index is 0.223. The van der Waals surface area contributed by atoms with Gasteiger partial charge in [-0.1, -0.05) is 19.8 Å². The molecule has 0 aromatic carbocycles. The molecule has 0 bridgehead atoms. The van der Waals surface area contributed by atoms with E-state index in [-0.39, 0.29) is 5.91 Å². The molecule has 3 unspecified atom stereocenters. The largest absolute Gasteiger partial charge is 0.341 e. The highest BCUT2D eigenvalue weighted by Crippen LogP contribution is 2.24. The van der Waals surface area contributed by atoms with Crippen molar-refractivity contribution in [2.24, 2.45) is 5.92 Å². The van der Waals surface area contributed by atoms with Gasteiger partial charge in [-0.15, -0.1) is 0 Å². The molecule has 3 atom stereocenters. The zero-order valence-corrected chi connectivity index (χ0v) is 10.5. The Labute approximate surface area is 98.6 Å². The minimum Gasteiger partial charge on any atom is -0.341 e. The second kappa shape index (κ2) is 5.17. The van der Waals surface area contributed by atoms with Crippen molar-refractivity contribution >= 4 is 5.91 Å². The average molecular weight is 224 g/mol. The molecule has 3 nitrogen and oxygen atoms in total. The molecule has 1 amide bonds. The van der Waals surface area contributed by atoms with Gasteiger partial charge in [-0.25, -0.2) is 0 Å². The van der Waals surface area contributed by atoms with Gasteiger partial charge in [-0.2, -0.15) is 0 Å². The summed E-state index contributed by atoms with van der Waals surface area (Å²) in [6.45, 7) is 5.88. The van der Waals surface area contributed by atoms with E-state index in [4.69, 9.17) is 0 Å². The van der Waals surface area contributed by atoms with Gasteiger partial charge in [0.1, 0.15) is 0 Å². The van der Waals surface area contributed by atoms with Crippen LogP contribution < -0.4 is 5.32 Å². The third-order valence-electron chi connectivity index (χ3n) is 4.04. The van der Waals surface area contributed by atoms with E-state index in [9.17, 15) is 4.79 Å². The number of hydrogen-bond acceptors (Lipinski definition) is 2. The molecule has 3 heteroatoms. The molecule has 0 aromatic heterocycles. The molecule has 0 radical (unpaired) electrons. The van der Waals surface area contributed by atoms with Gasteiger partial charge >= 0.3 is 0 Å². The number of nitrogens with one attached hydrogen (secondary N) is 1. The van der Waals surface area contributed by atoms with Crippen LogP contribution in [0.1, 0.15) is 46.0 Å². The maximum atomic E-state index is 11.2. The number of rotatable bonds is 2. The van der Waals surface area contributed by atoms with Crippen LogP contribution >= 0.6 is 0 Å². The van der Waals surface area contributed by atoms with Gasteiger partial charge in [0.05, 0.1) is 0 Å². The maximum Gasteiger partial charge on any atom is 0.219 e. The van der Waals surface area contributed by atoms with Crippen molar-refractivity contribution in [3.8, 4) is 0 Å². The molecule has 1 heterocycles. The van der Waals surface area contributed by atoms with E-state index < -0.39 is 0 Å². The highest BCUT2D eigenvalue weighted by molar-refractivity contribution is 5.73. The Morgan fingerprint density at radius 3 is 2.69 bits per heavy atom. The molecule has 2 fully saturated rings. The summed E-state index contributed by atoms with van der Waals surface area (Å²) < 4.78 is 0. The van der Waals surface area contributed by atoms with E-state index in [1.807, 2.05) is 4.90 Å². The summed E-state index contributed by atoms with van der Waals surface area (Å²) in [5.74, 6) is 1.10. The Kier molecular flexibility index (Phi) is 3.85. The third kappa shape index (κ3) is 2.97. The zero-order chi connectivity index (χ0) is 11.5. The van der Waals surface area contributed by atoms with Crippen molar-refractivity contribution in [2.75, 3.05) is 13.1 Å². The summed E-state index contributed by atoms with van der Waals surface area (Å²) in [5.41, 5.74) is 0. The van der Waals surface area contributed by atoms with Crippen LogP contribution in [-0.4, -0.2) is 36.0 Å². The van der Waals surface area contributed by atoms with E-state index in [0.717, 1.165) is 25.4 Å². The van der Waals surface area contributed by atoms with Crippen molar-refractivity contribution in [1.29, 1.82) is 0 Å². The van der Waals surface area contributed by atoms with E-state index in [1.165, 1.54) is 25.7 Å². The van der Waals surface area contributed by atoms with Crippen LogP contribution in [0, 0.1) is 5.92 Å². The monoisotopic (exact) mass is 224 g/mol. The van der Waals surface area contributed by atoms with Crippen LogP contribution in [0.4, 0.5) is 0 Å². The number of carbonyl (C=O) groups is 1. The fraction of sp³-hybridized carbons (Fsp3) is 0.923. The molecular weight excluding hydrogens is 200 g/mol. The Balaban J connectivity index is 1.76. The number of hydrogen-bond donors (Lipinski definition) is 1. The number of amides is 1. The Morgan fingerprint density at radius 1 is 1.25 bits per heavy atom. The second-order valence-electron chi connectivity index (χ2n) is 5.59. The second-order valence-corrected chi connectivity index (χ2v) is 5.59. The van der Waals surface area contributed by atoms with Crippen LogP contribution in [-0.2, 0) is 4.79 Å². The first-order chi connectivity index (χ1) is 7.65. The molecule has 16 heavy (non-hydrogen) atoms. The first-order valence-corrected chi connectivity index (χ1v) is 6.66. The molecule has 1 aliphatic heterocycles. The molecule has 0 spiro atoms. The summed E-state index contributed by atoms with van der Waals surface area (Å²) in [6.07, 6.45) is 6.52. The molecule has 1 saturated carbocycles. The normalized spacial score (nSPS) is 35.4. The van der Waals surface area contributed by atoms with Crippen LogP contribution in [0.3, 0.4) is 0 Å². The summed E-state index contributed by atoms with van der Waals surface area (Å²) in [6, 6.07) is 1.24. The van der Waals surface area contributed by atoms with E-state index in [1.54, 1.807) is 6.92 Å². The van der Waals surface area contributed by atoms with E-state index in [2.05, 4.69) is 12.2 Å². The molecule has 1 N–H and O–H groups in total. The number of nitrogens with zero attached hydrogens (tertiary/aromatic N) is 1. The fourth-order valence-corrected chi connectivity index (χ4v) is 3.10. The molecule has 2 aliphatic rings. The summed E-state index contributed by atoms with van der Waals surface area (Å²) >= 11 is 0. The van der Waals surface area contributed by atoms with Crippen molar-refractivity contribution in [1.82, 2.24) is 10.2 Å². The van der Waals surface area contributed by atoms with Gasteiger partial charge in [0.15, 0.2) is 0 Å². The molecule has 0 aromatic rings. The summed E-state index contributed by atoms with van der Waals surface area (Å²) in [7, 11) is 0. The first kappa shape index (κ1) is 11.9. The number of likely N-dealkylation sites (tertiary alicyclic amines) is 1. The highest BCUT2D eigenvalue weighted by atomic mass is 16.2. The van der Waals surface area contributed by atoms with Crippen molar-refractivity contribution < 1.29 is 4.79 Å². The SMILES string of the molecule is CC(=O)N1CCC(NC2CCCC(C)C2)C1. The average Bonchev–Trinajstić information content (AvgIpc) is 2.66. The molecule has 92 valence electrons. The standard InChI is InChI=1S/C13H24N2O/c1-10-4-3-5-12(8-10)14-13-6-7-15(9-13)11(2)16/h10,12-14H,3-9H2,1-2H3.